The topological polar surface area (TPSA) is 59.4 Å². The van der Waals surface area contributed by atoms with Gasteiger partial charge in [-0.3, -0.25) is 14.4 Å². The summed E-state index contributed by atoms with van der Waals surface area (Å²) in [6.07, 6.45) is -1.42. The summed E-state index contributed by atoms with van der Waals surface area (Å²) in [5, 5.41) is 7.46. The van der Waals surface area contributed by atoms with Gasteiger partial charge in [0.2, 0.25) is 5.91 Å². The standard InChI is InChI=1S/C21H24ClF3N4O2/c1-14-17(20(22)28(2)27-14)7-8-19(30)26-13-18(29-9-11-31-12-10-29)15-3-5-16(6-4-15)21(23,24)25/h3-8,18H,9-13H2,1-2H3,(H,26,30)/b8-7+/t18-/m0/s1. The smallest absolute Gasteiger partial charge is 0.379 e. The van der Waals surface area contributed by atoms with Crippen molar-refractivity contribution in [1.29, 1.82) is 0 Å². The summed E-state index contributed by atoms with van der Waals surface area (Å²) in [4.78, 5) is 14.5. The van der Waals surface area contributed by atoms with E-state index in [0.717, 1.165) is 12.1 Å². The van der Waals surface area contributed by atoms with Crippen molar-refractivity contribution < 1.29 is 22.7 Å². The first-order valence-electron chi connectivity index (χ1n) is 9.81. The Bertz CT molecular complexity index is 935. The molecule has 31 heavy (non-hydrogen) atoms. The number of carbonyl (C=O) groups excluding carboxylic acids is 1. The van der Waals surface area contributed by atoms with Crippen LogP contribution in [0.5, 0.6) is 0 Å². The van der Waals surface area contributed by atoms with Crippen molar-refractivity contribution in [3.63, 3.8) is 0 Å². The first-order valence-corrected chi connectivity index (χ1v) is 10.2. The first-order chi connectivity index (χ1) is 14.7. The number of nitrogens with one attached hydrogen (secondary N) is 1. The van der Waals surface area contributed by atoms with Crippen LogP contribution in [0.1, 0.15) is 28.4 Å². The second-order valence-corrected chi connectivity index (χ2v) is 7.63. The number of nitrogens with zero attached hydrogens (tertiary/aromatic N) is 3. The lowest BCUT2D eigenvalue weighted by molar-refractivity contribution is -0.137. The van der Waals surface area contributed by atoms with Gasteiger partial charge in [0.15, 0.2) is 0 Å². The molecule has 1 aromatic carbocycles. The van der Waals surface area contributed by atoms with Crippen LogP contribution in [-0.2, 0) is 22.8 Å². The van der Waals surface area contributed by atoms with Crippen LogP contribution in [-0.4, -0.2) is 53.4 Å². The molecule has 1 fully saturated rings. The molecule has 0 bridgehead atoms. The molecular formula is C21H24ClF3N4O2. The lowest BCUT2D eigenvalue weighted by Gasteiger charge is -2.35. The SMILES string of the molecule is Cc1nn(C)c(Cl)c1/C=C/C(=O)NC[C@@H](c1ccc(C(F)(F)F)cc1)N1CCOCC1. The fraction of sp³-hybridized carbons (Fsp3) is 0.429. The van der Waals surface area contributed by atoms with Crippen LogP contribution in [0.25, 0.3) is 6.08 Å². The summed E-state index contributed by atoms with van der Waals surface area (Å²) in [6.45, 7) is 4.36. The van der Waals surface area contributed by atoms with Crippen LogP contribution in [0.15, 0.2) is 30.3 Å². The normalized spacial score (nSPS) is 16.6. The molecule has 0 unspecified atom stereocenters. The molecule has 168 valence electrons. The Balaban J connectivity index is 1.71. The molecule has 0 radical (unpaired) electrons. The molecule has 1 aliphatic rings. The van der Waals surface area contributed by atoms with Crippen LogP contribution in [0.2, 0.25) is 5.15 Å². The summed E-state index contributed by atoms with van der Waals surface area (Å²) in [7, 11) is 1.71. The molecule has 0 spiro atoms. The van der Waals surface area contributed by atoms with E-state index < -0.39 is 11.7 Å². The molecular weight excluding hydrogens is 433 g/mol. The average molecular weight is 457 g/mol. The average Bonchev–Trinajstić information content (AvgIpc) is 2.98. The second-order valence-electron chi connectivity index (χ2n) is 7.28. The Morgan fingerprint density at radius 3 is 2.48 bits per heavy atom. The van der Waals surface area contributed by atoms with Gasteiger partial charge < -0.3 is 10.1 Å². The van der Waals surface area contributed by atoms with Gasteiger partial charge >= 0.3 is 6.18 Å². The van der Waals surface area contributed by atoms with E-state index in [4.69, 9.17) is 16.3 Å². The number of morpholine rings is 1. The number of hydrogen-bond acceptors (Lipinski definition) is 4. The zero-order chi connectivity index (χ0) is 22.6. The van der Waals surface area contributed by atoms with Crippen molar-refractivity contribution in [3.05, 3.63) is 57.9 Å². The molecule has 2 aromatic rings. The number of aromatic nitrogens is 2. The molecule has 1 N–H and O–H groups in total. The zero-order valence-corrected chi connectivity index (χ0v) is 18.0. The minimum absolute atomic E-state index is 0.244. The number of aryl methyl sites for hydroxylation is 2. The Hall–Kier alpha value is -2.36. The van der Waals surface area contributed by atoms with Crippen molar-refractivity contribution in [2.45, 2.75) is 19.1 Å². The van der Waals surface area contributed by atoms with Gasteiger partial charge in [0.25, 0.3) is 0 Å². The van der Waals surface area contributed by atoms with E-state index in [1.54, 1.807) is 20.0 Å². The molecule has 1 saturated heterocycles. The summed E-state index contributed by atoms with van der Waals surface area (Å²) >= 11 is 6.17. The van der Waals surface area contributed by atoms with E-state index in [9.17, 15) is 18.0 Å². The van der Waals surface area contributed by atoms with Gasteiger partial charge in [0.1, 0.15) is 5.15 Å². The third-order valence-corrected chi connectivity index (χ3v) is 5.62. The summed E-state index contributed by atoms with van der Waals surface area (Å²) in [5.74, 6) is -0.329. The van der Waals surface area contributed by atoms with Gasteiger partial charge in [-0.05, 0) is 30.7 Å². The van der Waals surface area contributed by atoms with Gasteiger partial charge in [0.05, 0.1) is 30.5 Å². The molecule has 1 aliphatic heterocycles. The molecule has 0 saturated carbocycles. The van der Waals surface area contributed by atoms with Gasteiger partial charge in [-0.1, -0.05) is 23.7 Å². The molecule has 1 aromatic heterocycles. The first kappa shape index (κ1) is 23.3. The van der Waals surface area contributed by atoms with E-state index >= 15 is 0 Å². The number of carbonyl (C=O) groups is 1. The third-order valence-electron chi connectivity index (χ3n) is 5.18. The predicted octanol–water partition coefficient (Wildman–Crippen LogP) is 3.60. The van der Waals surface area contributed by atoms with Crippen molar-refractivity contribution in [1.82, 2.24) is 20.0 Å². The predicted molar refractivity (Wildman–Crippen MR) is 112 cm³/mol. The number of ether oxygens (including phenoxy) is 1. The van der Waals surface area contributed by atoms with E-state index in [1.165, 1.54) is 22.9 Å². The van der Waals surface area contributed by atoms with E-state index in [0.29, 0.717) is 48.3 Å². The van der Waals surface area contributed by atoms with E-state index in [2.05, 4.69) is 15.3 Å². The summed E-state index contributed by atoms with van der Waals surface area (Å²) < 4.78 is 45.6. The molecule has 6 nitrogen and oxygen atoms in total. The number of halogens is 4. The zero-order valence-electron chi connectivity index (χ0n) is 17.2. The van der Waals surface area contributed by atoms with Crippen LogP contribution in [0.3, 0.4) is 0 Å². The fourth-order valence-corrected chi connectivity index (χ4v) is 3.73. The van der Waals surface area contributed by atoms with Crippen LogP contribution in [0, 0.1) is 6.92 Å². The van der Waals surface area contributed by atoms with Crippen molar-refractivity contribution in [2.75, 3.05) is 32.8 Å². The lowest BCUT2D eigenvalue weighted by atomic mass is 10.0. The van der Waals surface area contributed by atoms with Crippen LogP contribution < -0.4 is 5.32 Å². The Morgan fingerprint density at radius 1 is 1.29 bits per heavy atom. The Kier molecular flexibility index (Phi) is 7.40. The highest BCUT2D eigenvalue weighted by Crippen LogP contribution is 2.31. The fourth-order valence-electron chi connectivity index (χ4n) is 3.49. The minimum atomic E-state index is -4.39. The van der Waals surface area contributed by atoms with E-state index in [1.807, 2.05) is 0 Å². The van der Waals surface area contributed by atoms with Crippen molar-refractivity contribution in [3.8, 4) is 0 Å². The van der Waals surface area contributed by atoms with Gasteiger partial charge in [-0.2, -0.15) is 18.3 Å². The van der Waals surface area contributed by atoms with Gasteiger partial charge in [-0.25, -0.2) is 0 Å². The minimum Gasteiger partial charge on any atom is -0.379 e. The third kappa shape index (κ3) is 5.87. The number of amides is 1. The highest BCUT2D eigenvalue weighted by Gasteiger charge is 2.31. The second kappa shape index (κ2) is 9.84. The number of hydrogen-bond donors (Lipinski definition) is 1. The number of rotatable bonds is 6. The molecule has 0 aliphatic carbocycles. The van der Waals surface area contributed by atoms with Gasteiger partial charge in [0, 0.05) is 38.3 Å². The molecule has 1 amide bonds. The monoisotopic (exact) mass is 456 g/mol. The quantitative estimate of drug-likeness (QED) is 0.675. The van der Waals surface area contributed by atoms with Crippen molar-refractivity contribution in [2.24, 2.45) is 7.05 Å². The highest BCUT2D eigenvalue weighted by molar-refractivity contribution is 6.31. The molecule has 10 heteroatoms. The maximum absolute atomic E-state index is 12.9. The van der Waals surface area contributed by atoms with Crippen LogP contribution >= 0.6 is 11.6 Å². The Morgan fingerprint density at radius 2 is 1.94 bits per heavy atom. The van der Waals surface area contributed by atoms with E-state index in [-0.39, 0.29) is 18.5 Å². The lowest BCUT2D eigenvalue weighted by Crippen LogP contribution is -2.43. The maximum atomic E-state index is 12.9. The van der Waals surface area contributed by atoms with Crippen molar-refractivity contribution >= 4 is 23.6 Å². The highest BCUT2D eigenvalue weighted by atomic mass is 35.5. The van der Waals surface area contributed by atoms with Crippen LogP contribution in [0.4, 0.5) is 13.2 Å². The summed E-state index contributed by atoms with van der Waals surface area (Å²) in [6, 6.07) is 4.79. The number of alkyl halides is 3. The summed E-state index contributed by atoms with van der Waals surface area (Å²) in [5.41, 5.74) is 1.36. The Labute approximate surface area is 183 Å². The molecule has 1 atom stereocenters. The number of benzene rings is 1. The van der Waals surface area contributed by atoms with Gasteiger partial charge in [-0.15, -0.1) is 0 Å². The molecule has 3 rings (SSSR count). The molecule has 2 heterocycles. The largest absolute Gasteiger partial charge is 0.416 e. The maximum Gasteiger partial charge on any atom is 0.416 e.